The molecule has 0 spiro atoms. The zero-order chi connectivity index (χ0) is 8.27. The Bertz CT molecular complexity index is 241. The second-order valence-corrected chi connectivity index (χ2v) is 2.74. The second-order valence-electron chi connectivity index (χ2n) is 2.74. The lowest BCUT2D eigenvalue weighted by atomic mass is 10.0. The fourth-order valence-corrected chi connectivity index (χ4v) is 1.32. The first-order chi connectivity index (χ1) is 5.27. The Morgan fingerprint density at radius 1 is 1.08 bits per heavy atom. The third-order valence-electron chi connectivity index (χ3n) is 1.99. The molecule has 1 nitrogen and oxygen atoms in total. The monoisotopic (exact) mass is 165 g/mol. The van der Waals surface area contributed by atoms with Crippen LogP contribution >= 0.6 is 0 Å². The summed E-state index contributed by atoms with van der Waals surface area (Å²) in [5.74, 6) is 0. The molecule has 0 amide bonds. The molecule has 1 aromatic carbocycles. The number of aryl methyl sites for hydroxylation is 2. The van der Waals surface area contributed by atoms with Crippen LogP contribution in [0.2, 0.25) is 0 Å². The van der Waals surface area contributed by atoms with Gasteiger partial charge in [0.05, 0.1) is 0 Å². The molecule has 0 unspecified atom stereocenters. The highest BCUT2D eigenvalue weighted by molar-refractivity contribution is 5.44. The Hall–Kier alpha value is -0.980. The molecule has 0 saturated heterocycles. The smallest absolute Gasteiger partial charge is 0.0316 e. The molecule has 2 N–H and O–H groups in total. The zero-order valence-electron chi connectivity index (χ0n) is 7.22. The van der Waals surface area contributed by atoms with Crippen LogP contribution in [0.15, 0.2) is 18.2 Å². The molecule has 0 aliphatic carbocycles. The van der Waals surface area contributed by atoms with Crippen molar-refractivity contribution < 1.29 is 0 Å². The van der Waals surface area contributed by atoms with Crippen molar-refractivity contribution in [1.82, 2.24) is 0 Å². The van der Waals surface area contributed by atoms with Gasteiger partial charge in [-0.25, -0.2) is 0 Å². The van der Waals surface area contributed by atoms with Gasteiger partial charge in [-0.05, 0) is 36.1 Å². The minimum atomic E-state index is 0. The number of hydrogen-bond acceptors (Lipinski definition) is 1. The van der Waals surface area contributed by atoms with E-state index in [1.54, 1.807) is 0 Å². The van der Waals surface area contributed by atoms with Gasteiger partial charge in [0.1, 0.15) is 0 Å². The molecule has 12 heavy (non-hydrogen) atoms. The first-order valence-corrected chi connectivity index (χ1v) is 4.15. The summed E-state index contributed by atoms with van der Waals surface area (Å²) in [6, 6.07) is 6.16. The molecule has 1 heteroatoms. The molecule has 68 valence electrons. The Kier molecular flexibility index (Phi) is 4.42. The van der Waals surface area contributed by atoms with Gasteiger partial charge in [0.25, 0.3) is 0 Å². The molecule has 1 aromatic rings. The number of rotatable bonds is 2. The van der Waals surface area contributed by atoms with Crippen LogP contribution in [-0.4, -0.2) is 0 Å². The lowest BCUT2D eigenvalue weighted by molar-refractivity contribution is 1.04. The van der Waals surface area contributed by atoms with Crippen molar-refractivity contribution in [1.29, 1.82) is 0 Å². The van der Waals surface area contributed by atoms with Crippen LogP contribution in [0, 0.1) is 0 Å². The minimum Gasteiger partial charge on any atom is -0.399 e. The summed E-state index contributed by atoms with van der Waals surface area (Å²) in [6.45, 7) is 4.33. The molecule has 0 saturated carbocycles. The van der Waals surface area contributed by atoms with E-state index in [9.17, 15) is 0 Å². The highest BCUT2D eigenvalue weighted by Crippen LogP contribution is 2.14. The zero-order valence-corrected chi connectivity index (χ0v) is 7.22. The molecule has 1 rings (SSSR count). The van der Waals surface area contributed by atoms with Gasteiger partial charge in [0.2, 0.25) is 0 Å². The van der Waals surface area contributed by atoms with Gasteiger partial charge in [0, 0.05) is 5.69 Å². The summed E-state index contributed by atoms with van der Waals surface area (Å²) in [6.07, 6.45) is 2.18. The van der Waals surface area contributed by atoms with Gasteiger partial charge in [-0.2, -0.15) is 0 Å². The number of hydrogen-bond donors (Lipinski definition) is 1. The van der Waals surface area contributed by atoms with Crippen molar-refractivity contribution in [2.24, 2.45) is 0 Å². The molecule has 0 aliphatic heterocycles. The third-order valence-corrected chi connectivity index (χ3v) is 1.99. The van der Waals surface area contributed by atoms with Crippen LogP contribution in [0.5, 0.6) is 0 Å². The molecule has 0 aliphatic rings. The molecular weight excluding hydrogens is 146 g/mol. The van der Waals surface area contributed by atoms with Gasteiger partial charge >= 0.3 is 0 Å². The predicted molar refractivity (Wildman–Crippen MR) is 56.3 cm³/mol. The van der Waals surface area contributed by atoms with Crippen LogP contribution in [-0.2, 0) is 12.8 Å². The van der Waals surface area contributed by atoms with E-state index >= 15 is 0 Å². The van der Waals surface area contributed by atoms with Crippen molar-refractivity contribution in [2.75, 3.05) is 5.73 Å². The summed E-state index contributed by atoms with van der Waals surface area (Å²) >= 11 is 0. The van der Waals surface area contributed by atoms with Gasteiger partial charge in [-0.3, -0.25) is 0 Å². The van der Waals surface area contributed by atoms with Crippen LogP contribution in [0.3, 0.4) is 0 Å². The number of nitrogen functional groups attached to an aromatic ring is 1. The van der Waals surface area contributed by atoms with Crippen LogP contribution in [0.25, 0.3) is 0 Å². The summed E-state index contributed by atoms with van der Waals surface area (Å²) in [5.41, 5.74) is 9.33. The van der Waals surface area contributed by atoms with E-state index in [-0.39, 0.29) is 7.43 Å². The lowest BCUT2D eigenvalue weighted by Gasteiger charge is -2.05. The van der Waals surface area contributed by atoms with Crippen LogP contribution < -0.4 is 5.73 Å². The molecular formula is C11H19N. The van der Waals surface area contributed by atoms with Crippen molar-refractivity contribution in [2.45, 2.75) is 34.1 Å². The highest BCUT2D eigenvalue weighted by atomic mass is 14.5. The number of nitrogens with two attached hydrogens (primary N) is 1. The molecule has 0 fully saturated rings. The normalized spacial score (nSPS) is 9.17. The largest absolute Gasteiger partial charge is 0.399 e. The number of anilines is 1. The fraction of sp³-hybridized carbons (Fsp3) is 0.455. The van der Waals surface area contributed by atoms with E-state index in [0.29, 0.717) is 0 Å². The standard InChI is InChI=1S/C10H15N.CH4/c1-3-8-5-6-10(11)7-9(8)4-2;/h5-7H,3-4,11H2,1-2H3;1H4. The topological polar surface area (TPSA) is 26.0 Å². The Morgan fingerprint density at radius 3 is 2.17 bits per heavy atom. The summed E-state index contributed by atoms with van der Waals surface area (Å²) in [4.78, 5) is 0. The summed E-state index contributed by atoms with van der Waals surface area (Å²) < 4.78 is 0. The highest BCUT2D eigenvalue weighted by Gasteiger charge is 1.97. The lowest BCUT2D eigenvalue weighted by Crippen LogP contribution is -1.93. The minimum absolute atomic E-state index is 0. The summed E-state index contributed by atoms with van der Waals surface area (Å²) in [5, 5.41) is 0. The fourth-order valence-electron chi connectivity index (χ4n) is 1.32. The SMILES string of the molecule is C.CCc1ccc(N)cc1CC. The van der Waals surface area contributed by atoms with Gasteiger partial charge in [0.15, 0.2) is 0 Å². The maximum atomic E-state index is 5.66. The van der Waals surface area contributed by atoms with E-state index in [1.807, 2.05) is 6.07 Å². The molecule has 0 heterocycles. The second kappa shape index (κ2) is 4.81. The molecule has 0 radical (unpaired) electrons. The quantitative estimate of drug-likeness (QED) is 0.670. The van der Waals surface area contributed by atoms with E-state index in [0.717, 1.165) is 18.5 Å². The van der Waals surface area contributed by atoms with Gasteiger partial charge in [-0.15, -0.1) is 0 Å². The van der Waals surface area contributed by atoms with Crippen molar-refractivity contribution >= 4 is 5.69 Å². The average Bonchev–Trinajstić information content (AvgIpc) is 2.04. The maximum absolute atomic E-state index is 5.66. The van der Waals surface area contributed by atoms with Crippen molar-refractivity contribution in [3.8, 4) is 0 Å². The predicted octanol–water partition coefficient (Wildman–Crippen LogP) is 3.03. The maximum Gasteiger partial charge on any atom is 0.0316 e. The Labute approximate surface area is 75.6 Å². The van der Waals surface area contributed by atoms with E-state index < -0.39 is 0 Å². The van der Waals surface area contributed by atoms with Crippen LogP contribution in [0.4, 0.5) is 5.69 Å². The first-order valence-electron chi connectivity index (χ1n) is 4.15. The molecule has 0 aromatic heterocycles. The van der Waals surface area contributed by atoms with Crippen molar-refractivity contribution in [3.05, 3.63) is 29.3 Å². The van der Waals surface area contributed by atoms with Crippen molar-refractivity contribution in [3.63, 3.8) is 0 Å². The molecule has 0 atom stereocenters. The van der Waals surface area contributed by atoms with E-state index in [4.69, 9.17) is 5.73 Å². The van der Waals surface area contributed by atoms with Crippen LogP contribution in [0.1, 0.15) is 32.4 Å². The number of benzene rings is 1. The first kappa shape index (κ1) is 11.0. The third kappa shape index (κ3) is 2.26. The van der Waals surface area contributed by atoms with E-state index in [2.05, 4.69) is 26.0 Å². The van der Waals surface area contributed by atoms with E-state index in [1.165, 1.54) is 11.1 Å². The average molecular weight is 165 g/mol. The van der Waals surface area contributed by atoms with Gasteiger partial charge < -0.3 is 5.73 Å². The molecule has 0 bridgehead atoms. The van der Waals surface area contributed by atoms with Gasteiger partial charge in [-0.1, -0.05) is 27.3 Å². The Balaban J connectivity index is 0.00000121. The summed E-state index contributed by atoms with van der Waals surface area (Å²) in [7, 11) is 0. The Morgan fingerprint density at radius 2 is 1.67 bits per heavy atom.